The summed E-state index contributed by atoms with van der Waals surface area (Å²) >= 11 is 0. The summed E-state index contributed by atoms with van der Waals surface area (Å²) in [5.74, 6) is 0. The second kappa shape index (κ2) is 3.46. The molecule has 0 fully saturated rings. The average Bonchev–Trinajstić information content (AvgIpc) is 2.49. The minimum atomic E-state index is -0.784. The van der Waals surface area contributed by atoms with Crippen LogP contribution in [0.25, 0.3) is 0 Å². The first-order chi connectivity index (χ1) is 6.31. The van der Waals surface area contributed by atoms with Crippen LogP contribution in [0.15, 0.2) is 18.2 Å². The van der Waals surface area contributed by atoms with E-state index in [1.807, 2.05) is 18.2 Å². The van der Waals surface area contributed by atoms with Gasteiger partial charge in [0.05, 0.1) is 6.61 Å². The zero-order valence-electron chi connectivity index (χ0n) is 7.23. The topological polar surface area (TPSA) is 49.7 Å². The van der Waals surface area contributed by atoms with E-state index in [9.17, 15) is 5.11 Å². The van der Waals surface area contributed by atoms with Crippen LogP contribution in [-0.2, 0) is 17.8 Å². The van der Waals surface area contributed by atoms with E-state index >= 15 is 0 Å². The van der Waals surface area contributed by atoms with Gasteiger partial charge in [-0.05, 0) is 17.5 Å². The Balaban J connectivity index is 2.31. The van der Waals surface area contributed by atoms with Crippen LogP contribution in [0.3, 0.4) is 0 Å². The van der Waals surface area contributed by atoms with Crippen LogP contribution in [0.1, 0.15) is 23.0 Å². The molecule has 3 nitrogen and oxygen atoms in total. The number of hydrogen-bond donors (Lipinski definition) is 2. The molecule has 1 aromatic carbocycles. The Hall–Kier alpha value is -0.900. The molecule has 70 valence electrons. The van der Waals surface area contributed by atoms with Crippen molar-refractivity contribution in [2.45, 2.75) is 19.3 Å². The Morgan fingerprint density at radius 2 is 2.31 bits per heavy atom. The van der Waals surface area contributed by atoms with Crippen LogP contribution >= 0.6 is 0 Å². The van der Waals surface area contributed by atoms with E-state index in [0.29, 0.717) is 13.0 Å². The van der Waals surface area contributed by atoms with Crippen molar-refractivity contribution in [3.05, 3.63) is 34.9 Å². The maximum absolute atomic E-state index is 9.39. The van der Waals surface area contributed by atoms with Crippen molar-refractivity contribution in [2.75, 3.05) is 6.61 Å². The van der Waals surface area contributed by atoms with Gasteiger partial charge in [0.15, 0.2) is 6.29 Å². The molecular formula is C10H12O3. The van der Waals surface area contributed by atoms with Gasteiger partial charge in [-0.2, -0.15) is 0 Å². The summed E-state index contributed by atoms with van der Waals surface area (Å²) in [6.45, 7) is 0.617. The Kier molecular flexibility index (Phi) is 2.31. The lowest BCUT2D eigenvalue weighted by molar-refractivity contribution is -0.0918. The van der Waals surface area contributed by atoms with E-state index in [1.54, 1.807) is 0 Å². The third-order valence-electron chi connectivity index (χ3n) is 2.27. The number of aliphatic hydroxyl groups is 2. The summed E-state index contributed by atoms with van der Waals surface area (Å²) in [6, 6.07) is 5.79. The number of hydrogen-bond acceptors (Lipinski definition) is 3. The number of aliphatic hydroxyl groups excluding tert-OH is 2. The highest BCUT2D eigenvalue weighted by Crippen LogP contribution is 2.29. The van der Waals surface area contributed by atoms with Crippen LogP contribution < -0.4 is 0 Å². The van der Waals surface area contributed by atoms with Crippen molar-refractivity contribution in [3.63, 3.8) is 0 Å². The molecule has 1 aliphatic heterocycles. The predicted octanol–water partition coefficient (Wildman–Crippen LogP) is 0.742. The molecule has 0 aliphatic carbocycles. The molecule has 1 heterocycles. The van der Waals surface area contributed by atoms with Crippen molar-refractivity contribution in [3.8, 4) is 0 Å². The minimum Gasteiger partial charge on any atom is -0.396 e. The molecule has 3 heteroatoms. The van der Waals surface area contributed by atoms with Crippen molar-refractivity contribution in [1.29, 1.82) is 0 Å². The van der Waals surface area contributed by atoms with E-state index < -0.39 is 6.29 Å². The van der Waals surface area contributed by atoms with Crippen molar-refractivity contribution >= 4 is 0 Å². The fourth-order valence-corrected chi connectivity index (χ4v) is 1.55. The number of fused-ring (bicyclic) bond motifs is 1. The Morgan fingerprint density at radius 1 is 1.46 bits per heavy atom. The van der Waals surface area contributed by atoms with Gasteiger partial charge in [0, 0.05) is 12.2 Å². The molecule has 2 rings (SSSR count). The second-order valence-corrected chi connectivity index (χ2v) is 3.17. The van der Waals surface area contributed by atoms with Gasteiger partial charge in [-0.25, -0.2) is 0 Å². The molecule has 1 unspecified atom stereocenters. The molecule has 0 spiro atoms. The van der Waals surface area contributed by atoms with Crippen LogP contribution in [0, 0.1) is 0 Å². The zero-order chi connectivity index (χ0) is 9.26. The maximum Gasteiger partial charge on any atom is 0.181 e. The second-order valence-electron chi connectivity index (χ2n) is 3.17. The molecule has 0 bridgehead atoms. The molecular weight excluding hydrogens is 168 g/mol. The summed E-state index contributed by atoms with van der Waals surface area (Å²) in [4.78, 5) is 0. The number of benzene rings is 1. The van der Waals surface area contributed by atoms with Gasteiger partial charge in [0.1, 0.15) is 0 Å². The first-order valence-corrected chi connectivity index (χ1v) is 4.33. The lowest BCUT2D eigenvalue weighted by Gasteiger charge is -2.04. The number of ether oxygens (including phenoxy) is 1. The quantitative estimate of drug-likeness (QED) is 0.705. The van der Waals surface area contributed by atoms with E-state index in [1.165, 1.54) is 0 Å². The molecule has 0 radical (unpaired) electrons. The highest BCUT2D eigenvalue weighted by molar-refractivity contribution is 5.34. The normalized spacial score (nSPS) is 20.3. The van der Waals surface area contributed by atoms with Gasteiger partial charge in [0.25, 0.3) is 0 Å². The van der Waals surface area contributed by atoms with Crippen molar-refractivity contribution in [2.24, 2.45) is 0 Å². The van der Waals surface area contributed by atoms with E-state index in [-0.39, 0.29) is 6.61 Å². The fourth-order valence-electron chi connectivity index (χ4n) is 1.55. The zero-order valence-corrected chi connectivity index (χ0v) is 7.23. The van der Waals surface area contributed by atoms with Gasteiger partial charge in [-0.3, -0.25) is 0 Å². The van der Waals surface area contributed by atoms with Gasteiger partial charge >= 0.3 is 0 Å². The van der Waals surface area contributed by atoms with Crippen LogP contribution in [-0.4, -0.2) is 16.8 Å². The van der Waals surface area contributed by atoms with Gasteiger partial charge in [-0.15, -0.1) is 0 Å². The number of rotatable bonds is 2. The fraction of sp³-hybridized carbons (Fsp3) is 0.400. The van der Waals surface area contributed by atoms with Crippen molar-refractivity contribution in [1.82, 2.24) is 0 Å². The monoisotopic (exact) mass is 180 g/mol. The Morgan fingerprint density at radius 3 is 3.08 bits per heavy atom. The third kappa shape index (κ3) is 1.58. The van der Waals surface area contributed by atoms with Gasteiger partial charge in [0.2, 0.25) is 0 Å². The molecule has 2 N–H and O–H groups in total. The van der Waals surface area contributed by atoms with Gasteiger partial charge < -0.3 is 14.9 Å². The predicted molar refractivity (Wildman–Crippen MR) is 47.0 cm³/mol. The van der Waals surface area contributed by atoms with Crippen LogP contribution in [0.4, 0.5) is 0 Å². The van der Waals surface area contributed by atoms with Crippen molar-refractivity contribution < 1.29 is 14.9 Å². The van der Waals surface area contributed by atoms with Crippen LogP contribution in [0.2, 0.25) is 0 Å². The SMILES string of the molecule is OCCc1ccc2c(c1)C(O)OC2. The molecule has 0 saturated carbocycles. The lowest BCUT2D eigenvalue weighted by Crippen LogP contribution is -1.96. The molecule has 0 amide bonds. The maximum atomic E-state index is 9.39. The summed E-state index contributed by atoms with van der Waals surface area (Å²) in [5, 5.41) is 18.1. The molecule has 1 aromatic rings. The van der Waals surface area contributed by atoms with Gasteiger partial charge in [-0.1, -0.05) is 18.2 Å². The first-order valence-electron chi connectivity index (χ1n) is 4.33. The molecule has 0 saturated heterocycles. The molecule has 1 atom stereocenters. The molecule has 0 aromatic heterocycles. The summed E-state index contributed by atoms with van der Waals surface area (Å²) in [6.07, 6.45) is -0.159. The highest BCUT2D eigenvalue weighted by Gasteiger charge is 2.20. The van der Waals surface area contributed by atoms with E-state index in [0.717, 1.165) is 16.7 Å². The lowest BCUT2D eigenvalue weighted by atomic mass is 10.0. The molecule has 13 heavy (non-hydrogen) atoms. The largest absolute Gasteiger partial charge is 0.396 e. The molecule has 1 aliphatic rings. The smallest absolute Gasteiger partial charge is 0.181 e. The summed E-state index contributed by atoms with van der Waals surface area (Å²) < 4.78 is 5.05. The first kappa shape index (κ1) is 8.69. The summed E-state index contributed by atoms with van der Waals surface area (Å²) in [5.41, 5.74) is 2.91. The minimum absolute atomic E-state index is 0.135. The highest BCUT2D eigenvalue weighted by atomic mass is 16.6. The Bertz CT molecular complexity index is 309. The average molecular weight is 180 g/mol. The van der Waals surface area contributed by atoms with E-state index in [4.69, 9.17) is 9.84 Å². The van der Waals surface area contributed by atoms with Crippen LogP contribution in [0.5, 0.6) is 0 Å². The standard InChI is InChI=1S/C10H12O3/c11-4-3-7-1-2-8-6-13-10(12)9(8)5-7/h1-2,5,10-12H,3-4,6H2. The summed E-state index contributed by atoms with van der Waals surface area (Å²) in [7, 11) is 0. The Labute approximate surface area is 76.6 Å². The van der Waals surface area contributed by atoms with E-state index in [2.05, 4.69) is 0 Å². The third-order valence-corrected chi connectivity index (χ3v) is 2.27.